The van der Waals surface area contributed by atoms with Crippen molar-refractivity contribution in [2.75, 3.05) is 7.11 Å². The average molecular weight is 458 g/mol. The fourth-order valence-electron chi connectivity index (χ4n) is 4.38. The molecule has 3 aromatic carbocycles. The first-order valence-corrected chi connectivity index (χ1v) is 14.7. The molecule has 0 unspecified atom stereocenters. The number of rotatable bonds is 6. The summed E-state index contributed by atoms with van der Waals surface area (Å²) in [4.78, 5) is 16.0. The van der Waals surface area contributed by atoms with Crippen LogP contribution >= 0.6 is 0 Å². The first-order valence-electron chi connectivity index (χ1n) is 11.3. The molecule has 0 spiro atoms. The van der Waals surface area contributed by atoms with Crippen LogP contribution in [0.3, 0.4) is 0 Å². The Morgan fingerprint density at radius 3 is 2.12 bits per heavy atom. The average Bonchev–Trinajstić information content (AvgIpc) is 2.83. The molecule has 170 valence electrons. The number of nitrogens with zero attached hydrogens (tertiary/aromatic N) is 1. The van der Waals surface area contributed by atoms with Crippen molar-refractivity contribution >= 4 is 14.2 Å². The highest BCUT2D eigenvalue weighted by Gasteiger charge is 2.39. The van der Waals surface area contributed by atoms with Gasteiger partial charge in [-0.25, -0.2) is 0 Å². The van der Waals surface area contributed by atoms with Crippen LogP contribution in [0.4, 0.5) is 0 Å². The van der Waals surface area contributed by atoms with Crippen LogP contribution in [0.25, 0.3) is 0 Å². The normalized spacial score (nSPS) is 18.4. The van der Waals surface area contributed by atoms with Gasteiger partial charge in [-0.2, -0.15) is 0 Å². The number of ether oxygens (including phenoxy) is 1. The zero-order valence-corrected chi connectivity index (χ0v) is 20.7. The lowest BCUT2D eigenvalue weighted by molar-refractivity contribution is 0.0564. The van der Waals surface area contributed by atoms with Crippen LogP contribution in [0.5, 0.6) is 5.75 Å². The highest BCUT2D eigenvalue weighted by Crippen LogP contribution is 2.45. The summed E-state index contributed by atoms with van der Waals surface area (Å²) in [7, 11) is -0.168. The van der Waals surface area contributed by atoms with Crippen LogP contribution in [-0.2, 0) is 4.43 Å². The topological polar surface area (TPSA) is 38.8 Å². The van der Waals surface area contributed by atoms with Gasteiger partial charge in [-0.3, -0.25) is 4.79 Å². The van der Waals surface area contributed by atoms with Gasteiger partial charge < -0.3 is 14.1 Å². The summed E-state index contributed by atoms with van der Waals surface area (Å²) in [5.41, 5.74) is 2.70. The Hall–Kier alpha value is -3.31. The van der Waals surface area contributed by atoms with Crippen molar-refractivity contribution in [2.45, 2.75) is 38.1 Å². The van der Waals surface area contributed by atoms with Gasteiger partial charge in [0, 0.05) is 17.5 Å². The predicted octanol–water partition coefficient (Wildman–Crippen LogP) is 6.76. The molecule has 1 aliphatic heterocycles. The number of para-hydroxylation sites is 1. The number of carbonyl (C=O) groups is 1. The third-order valence-electron chi connectivity index (χ3n) is 5.71. The van der Waals surface area contributed by atoms with E-state index in [1.807, 2.05) is 77.7 Å². The Balaban J connectivity index is 1.89. The molecule has 0 aromatic heterocycles. The molecular weight excluding hydrogens is 426 g/mol. The summed E-state index contributed by atoms with van der Waals surface area (Å²) < 4.78 is 12.2. The van der Waals surface area contributed by atoms with Gasteiger partial charge in [0.1, 0.15) is 5.75 Å². The van der Waals surface area contributed by atoms with E-state index in [-0.39, 0.29) is 18.0 Å². The fourth-order valence-corrected chi connectivity index (χ4v) is 5.32. The summed E-state index contributed by atoms with van der Waals surface area (Å²) in [6.07, 6.45) is 2.73. The summed E-state index contributed by atoms with van der Waals surface area (Å²) in [5, 5.41) is 0. The number of carbonyl (C=O) groups excluding carboxylic acids is 1. The second-order valence-corrected chi connectivity index (χ2v) is 13.7. The number of methoxy groups -OCH3 is 1. The Labute approximate surface area is 197 Å². The molecule has 4 nitrogen and oxygen atoms in total. The van der Waals surface area contributed by atoms with E-state index in [0.29, 0.717) is 12.0 Å². The molecule has 0 saturated carbocycles. The Morgan fingerprint density at radius 1 is 0.879 bits per heavy atom. The molecule has 4 rings (SSSR count). The second-order valence-electron chi connectivity index (χ2n) is 9.24. The van der Waals surface area contributed by atoms with Gasteiger partial charge in [0.15, 0.2) is 0 Å². The van der Waals surface area contributed by atoms with Crippen molar-refractivity contribution in [3.05, 3.63) is 113 Å². The maximum Gasteiger partial charge on any atom is 0.255 e. The maximum atomic E-state index is 14.0. The Kier molecular flexibility index (Phi) is 6.70. The molecule has 5 heteroatoms. The van der Waals surface area contributed by atoms with Gasteiger partial charge in [0.2, 0.25) is 8.32 Å². The summed E-state index contributed by atoms with van der Waals surface area (Å²) in [5.74, 6) is 1.70. The maximum absolute atomic E-state index is 14.0. The van der Waals surface area contributed by atoms with Gasteiger partial charge in [-0.05, 0) is 49.5 Å². The summed E-state index contributed by atoms with van der Waals surface area (Å²) in [6.45, 7) is 6.56. The minimum atomic E-state index is -1.84. The van der Waals surface area contributed by atoms with E-state index in [1.54, 1.807) is 7.11 Å². The number of amides is 1. The van der Waals surface area contributed by atoms with E-state index in [2.05, 4.69) is 37.8 Å². The highest BCUT2D eigenvalue weighted by atomic mass is 28.4. The first kappa shape index (κ1) is 22.9. The van der Waals surface area contributed by atoms with Crippen molar-refractivity contribution in [3.63, 3.8) is 0 Å². The van der Waals surface area contributed by atoms with Crippen molar-refractivity contribution in [2.24, 2.45) is 0 Å². The largest absolute Gasteiger partial charge is 0.547 e. The lowest BCUT2D eigenvalue weighted by Gasteiger charge is -2.43. The lowest BCUT2D eigenvalue weighted by atomic mass is 9.90. The minimum Gasteiger partial charge on any atom is -0.547 e. The Bertz CT molecular complexity index is 1120. The number of hydrogen-bond acceptors (Lipinski definition) is 3. The number of benzene rings is 3. The molecule has 0 N–H and O–H groups in total. The SMILES string of the molecule is COc1ccccc1[C@H]1CC(O[Si](C)(C)C)=C[C@@H](c2ccccc2)N1C(=O)c1ccccc1. The van der Waals surface area contributed by atoms with Crippen molar-refractivity contribution in [1.82, 2.24) is 4.90 Å². The summed E-state index contributed by atoms with van der Waals surface area (Å²) in [6, 6.07) is 27.1. The summed E-state index contributed by atoms with van der Waals surface area (Å²) >= 11 is 0. The zero-order valence-electron chi connectivity index (χ0n) is 19.7. The van der Waals surface area contributed by atoms with Gasteiger partial charge in [-0.15, -0.1) is 0 Å². The van der Waals surface area contributed by atoms with E-state index in [1.165, 1.54) is 0 Å². The monoisotopic (exact) mass is 457 g/mol. The van der Waals surface area contributed by atoms with Crippen LogP contribution in [-0.4, -0.2) is 26.2 Å². The van der Waals surface area contributed by atoms with Crippen LogP contribution < -0.4 is 4.74 Å². The molecule has 0 saturated heterocycles. The third kappa shape index (κ3) is 5.20. The highest BCUT2D eigenvalue weighted by molar-refractivity contribution is 6.70. The second kappa shape index (κ2) is 9.67. The number of hydrogen-bond donors (Lipinski definition) is 0. The first-order chi connectivity index (χ1) is 15.9. The quantitative estimate of drug-likeness (QED) is 0.384. The standard InChI is InChI=1S/C28H31NO3Si/c1-31-27-18-12-11-17-24(27)26-20-23(32-33(2,3)4)19-25(21-13-7-5-8-14-21)29(26)28(30)22-15-9-6-10-16-22/h5-19,25-26H,20H2,1-4H3/t25-,26+/m0/s1. The van der Waals surface area contributed by atoms with E-state index < -0.39 is 8.32 Å². The predicted molar refractivity (Wildman–Crippen MR) is 135 cm³/mol. The van der Waals surface area contributed by atoms with Crippen molar-refractivity contribution in [1.29, 1.82) is 0 Å². The third-order valence-corrected chi connectivity index (χ3v) is 6.58. The fraction of sp³-hybridized carbons (Fsp3) is 0.250. The molecule has 0 radical (unpaired) electrons. The molecule has 1 heterocycles. The van der Waals surface area contributed by atoms with Crippen molar-refractivity contribution in [3.8, 4) is 5.75 Å². The minimum absolute atomic E-state index is 0.0105. The smallest absolute Gasteiger partial charge is 0.255 e. The molecule has 1 aliphatic rings. The molecule has 33 heavy (non-hydrogen) atoms. The van der Waals surface area contributed by atoms with Gasteiger partial charge >= 0.3 is 0 Å². The lowest BCUT2D eigenvalue weighted by Crippen LogP contribution is -2.41. The van der Waals surface area contributed by atoms with Gasteiger partial charge in [0.05, 0.1) is 25.0 Å². The zero-order chi connectivity index (χ0) is 23.4. The van der Waals surface area contributed by atoms with E-state index in [4.69, 9.17) is 9.16 Å². The Morgan fingerprint density at radius 2 is 1.48 bits per heavy atom. The van der Waals surface area contributed by atoms with E-state index in [0.717, 1.165) is 22.6 Å². The molecule has 0 aliphatic carbocycles. The van der Waals surface area contributed by atoms with E-state index in [9.17, 15) is 4.79 Å². The molecule has 3 aromatic rings. The van der Waals surface area contributed by atoms with E-state index >= 15 is 0 Å². The van der Waals surface area contributed by atoms with Crippen LogP contribution in [0.1, 0.15) is 40.0 Å². The van der Waals surface area contributed by atoms with Gasteiger partial charge in [-0.1, -0.05) is 66.7 Å². The molecule has 0 fully saturated rings. The molecule has 2 atom stereocenters. The molecule has 1 amide bonds. The van der Waals surface area contributed by atoms with Crippen LogP contribution in [0, 0.1) is 0 Å². The van der Waals surface area contributed by atoms with Crippen molar-refractivity contribution < 1.29 is 14.0 Å². The van der Waals surface area contributed by atoms with Crippen LogP contribution in [0.2, 0.25) is 19.6 Å². The van der Waals surface area contributed by atoms with Crippen LogP contribution in [0.15, 0.2) is 96.8 Å². The molecule has 0 bridgehead atoms. The molecular formula is C28H31NO3Si. The van der Waals surface area contributed by atoms with Gasteiger partial charge in [0.25, 0.3) is 5.91 Å².